The summed E-state index contributed by atoms with van der Waals surface area (Å²) in [5.74, 6) is 0.382. The van der Waals surface area contributed by atoms with Crippen LogP contribution in [0.4, 0.5) is 5.69 Å². The Morgan fingerprint density at radius 3 is 2.26 bits per heavy atom. The van der Waals surface area contributed by atoms with Crippen molar-refractivity contribution in [1.82, 2.24) is 0 Å². The SMILES string of the molecule is Cc1cc(C(=O)CCC(=O)Nc2ccc(C(C)C)cc2)c(C)s1. The number of hydrogen-bond acceptors (Lipinski definition) is 3. The van der Waals surface area contributed by atoms with Crippen molar-refractivity contribution in [2.75, 3.05) is 5.32 Å². The van der Waals surface area contributed by atoms with E-state index in [1.807, 2.05) is 44.2 Å². The van der Waals surface area contributed by atoms with E-state index in [9.17, 15) is 9.59 Å². The minimum atomic E-state index is -0.125. The van der Waals surface area contributed by atoms with Crippen molar-refractivity contribution in [1.29, 1.82) is 0 Å². The van der Waals surface area contributed by atoms with Crippen molar-refractivity contribution in [3.05, 3.63) is 51.2 Å². The highest BCUT2D eigenvalue weighted by Gasteiger charge is 2.14. The van der Waals surface area contributed by atoms with Gasteiger partial charge in [-0.2, -0.15) is 0 Å². The Bertz CT molecular complexity index is 699. The van der Waals surface area contributed by atoms with Crippen LogP contribution in [0.3, 0.4) is 0 Å². The molecule has 0 radical (unpaired) electrons. The van der Waals surface area contributed by atoms with Crippen LogP contribution in [0.1, 0.15) is 58.3 Å². The first kappa shape index (κ1) is 17.4. The number of aryl methyl sites for hydroxylation is 2. The van der Waals surface area contributed by atoms with Crippen molar-refractivity contribution in [3.8, 4) is 0 Å². The van der Waals surface area contributed by atoms with Gasteiger partial charge in [-0.05, 0) is 43.5 Å². The highest BCUT2D eigenvalue weighted by molar-refractivity contribution is 7.12. The largest absolute Gasteiger partial charge is 0.326 e. The molecule has 0 aliphatic heterocycles. The maximum absolute atomic E-state index is 12.2. The van der Waals surface area contributed by atoms with Crippen molar-refractivity contribution >= 4 is 28.7 Å². The molecule has 0 unspecified atom stereocenters. The van der Waals surface area contributed by atoms with Crippen molar-refractivity contribution in [2.45, 2.75) is 46.5 Å². The minimum Gasteiger partial charge on any atom is -0.326 e. The third kappa shape index (κ3) is 4.76. The fourth-order valence-corrected chi connectivity index (χ4v) is 3.39. The lowest BCUT2D eigenvalue weighted by Crippen LogP contribution is -2.13. The molecule has 1 heterocycles. The summed E-state index contributed by atoms with van der Waals surface area (Å²) in [6, 6.07) is 9.75. The number of anilines is 1. The van der Waals surface area contributed by atoms with Crippen LogP contribution < -0.4 is 5.32 Å². The van der Waals surface area contributed by atoms with Gasteiger partial charge in [-0.25, -0.2) is 0 Å². The normalized spacial score (nSPS) is 10.8. The van der Waals surface area contributed by atoms with E-state index in [1.165, 1.54) is 5.56 Å². The van der Waals surface area contributed by atoms with Crippen LogP contribution in [0.25, 0.3) is 0 Å². The van der Waals surface area contributed by atoms with E-state index < -0.39 is 0 Å². The van der Waals surface area contributed by atoms with Gasteiger partial charge in [-0.15, -0.1) is 11.3 Å². The van der Waals surface area contributed by atoms with Gasteiger partial charge in [0, 0.05) is 33.8 Å². The molecule has 0 fully saturated rings. The number of Topliss-reactive ketones (excluding diaryl/α,β-unsaturated/α-hetero) is 1. The van der Waals surface area contributed by atoms with Gasteiger partial charge in [0.15, 0.2) is 5.78 Å². The van der Waals surface area contributed by atoms with Crippen molar-refractivity contribution in [2.24, 2.45) is 0 Å². The summed E-state index contributed by atoms with van der Waals surface area (Å²) >= 11 is 1.62. The summed E-state index contributed by atoms with van der Waals surface area (Å²) in [5.41, 5.74) is 2.76. The summed E-state index contributed by atoms with van der Waals surface area (Å²) in [7, 11) is 0. The van der Waals surface area contributed by atoms with Gasteiger partial charge in [-0.1, -0.05) is 26.0 Å². The number of ketones is 1. The number of hydrogen-bond donors (Lipinski definition) is 1. The molecular formula is C19H23NO2S. The molecule has 0 aliphatic rings. The molecule has 2 rings (SSSR count). The average Bonchev–Trinajstić information content (AvgIpc) is 2.84. The summed E-state index contributed by atoms with van der Waals surface area (Å²) in [6.45, 7) is 8.20. The highest BCUT2D eigenvalue weighted by atomic mass is 32.1. The molecule has 0 aliphatic carbocycles. The summed E-state index contributed by atoms with van der Waals surface area (Å²) < 4.78 is 0. The fraction of sp³-hybridized carbons (Fsp3) is 0.368. The standard InChI is InChI=1S/C19H23NO2S/c1-12(2)15-5-7-16(8-6-15)20-19(22)10-9-18(21)17-11-13(3)23-14(17)4/h5-8,11-12H,9-10H2,1-4H3,(H,20,22). The second kappa shape index (κ2) is 7.55. The van der Waals surface area contributed by atoms with Crippen molar-refractivity contribution in [3.63, 3.8) is 0 Å². The molecule has 2 aromatic rings. The molecule has 0 bridgehead atoms. The average molecular weight is 329 g/mol. The summed E-state index contributed by atoms with van der Waals surface area (Å²) in [6.07, 6.45) is 0.450. The molecule has 0 saturated heterocycles. The Balaban J connectivity index is 1.87. The molecule has 1 amide bonds. The quantitative estimate of drug-likeness (QED) is 0.750. The topological polar surface area (TPSA) is 46.2 Å². The molecule has 4 heteroatoms. The Morgan fingerprint density at radius 2 is 1.74 bits per heavy atom. The number of thiophene rings is 1. The lowest BCUT2D eigenvalue weighted by molar-refractivity contribution is -0.116. The number of carbonyl (C=O) groups excluding carboxylic acids is 2. The third-order valence-corrected chi connectivity index (χ3v) is 4.75. The first-order valence-electron chi connectivity index (χ1n) is 7.87. The first-order chi connectivity index (χ1) is 10.9. The molecule has 23 heavy (non-hydrogen) atoms. The van der Waals surface area contributed by atoms with Gasteiger partial charge >= 0.3 is 0 Å². The molecule has 0 saturated carbocycles. The smallest absolute Gasteiger partial charge is 0.224 e. The second-order valence-electron chi connectivity index (χ2n) is 6.07. The number of amides is 1. The number of benzene rings is 1. The molecule has 1 aromatic heterocycles. The number of rotatable bonds is 6. The maximum Gasteiger partial charge on any atom is 0.224 e. The first-order valence-corrected chi connectivity index (χ1v) is 8.68. The molecule has 122 valence electrons. The predicted molar refractivity (Wildman–Crippen MR) is 96.5 cm³/mol. The van der Waals surface area contributed by atoms with E-state index in [4.69, 9.17) is 0 Å². The lowest BCUT2D eigenvalue weighted by atomic mass is 10.0. The minimum absolute atomic E-state index is 0.0390. The third-order valence-electron chi connectivity index (χ3n) is 3.78. The van der Waals surface area contributed by atoms with Gasteiger partial charge in [0.2, 0.25) is 5.91 Å². The van der Waals surface area contributed by atoms with E-state index in [0.29, 0.717) is 5.92 Å². The predicted octanol–water partition coefficient (Wildman–Crippen LogP) is 5.09. The van der Waals surface area contributed by atoms with E-state index in [1.54, 1.807) is 11.3 Å². The molecule has 1 N–H and O–H groups in total. The Labute approximate surface area is 141 Å². The van der Waals surface area contributed by atoms with Gasteiger partial charge in [0.25, 0.3) is 0 Å². The molecule has 3 nitrogen and oxygen atoms in total. The van der Waals surface area contributed by atoms with Crippen LogP contribution in [0, 0.1) is 13.8 Å². The zero-order chi connectivity index (χ0) is 17.0. The van der Waals surface area contributed by atoms with Crippen LogP contribution in [-0.4, -0.2) is 11.7 Å². The van der Waals surface area contributed by atoms with Crippen LogP contribution in [-0.2, 0) is 4.79 Å². The van der Waals surface area contributed by atoms with Gasteiger partial charge in [-0.3, -0.25) is 9.59 Å². The van der Waals surface area contributed by atoms with Gasteiger partial charge in [0.1, 0.15) is 0 Å². The van der Waals surface area contributed by atoms with Gasteiger partial charge < -0.3 is 5.32 Å². The van der Waals surface area contributed by atoms with Crippen LogP contribution in [0.5, 0.6) is 0 Å². The lowest BCUT2D eigenvalue weighted by Gasteiger charge is -2.08. The van der Waals surface area contributed by atoms with E-state index in [2.05, 4.69) is 19.2 Å². The highest BCUT2D eigenvalue weighted by Crippen LogP contribution is 2.22. The fourth-order valence-electron chi connectivity index (χ4n) is 2.44. The van der Waals surface area contributed by atoms with Crippen LogP contribution in [0.15, 0.2) is 30.3 Å². The molecule has 0 atom stereocenters. The molecular weight excluding hydrogens is 306 g/mol. The summed E-state index contributed by atoms with van der Waals surface area (Å²) in [4.78, 5) is 26.3. The second-order valence-corrected chi connectivity index (χ2v) is 7.54. The van der Waals surface area contributed by atoms with Crippen LogP contribution in [0.2, 0.25) is 0 Å². The Hall–Kier alpha value is -1.94. The van der Waals surface area contributed by atoms with Gasteiger partial charge in [0.05, 0.1) is 0 Å². The maximum atomic E-state index is 12.2. The monoisotopic (exact) mass is 329 g/mol. The Kier molecular flexibility index (Phi) is 5.72. The molecule has 0 spiro atoms. The zero-order valence-corrected chi connectivity index (χ0v) is 14.9. The van der Waals surface area contributed by atoms with E-state index in [-0.39, 0.29) is 24.5 Å². The van der Waals surface area contributed by atoms with E-state index in [0.717, 1.165) is 21.0 Å². The van der Waals surface area contributed by atoms with Crippen molar-refractivity contribution < 1.29 is 9.59 Å². The number of carbonyl (C=O) groups is 2. The number of nitrogens with one attached hydrogen (secondary N) is 1. The Morgan fingerprint density at radius 1 is 1.09 bits per heavy atom. The van der Waals surface area contributed by atoms with E-state index >= 15 is 0 Å². The summed E-state index contributed by atoms with van der Waals surface area (Å²) in [5, 5.41) is 2.85. The van der Waals surface area contributed by atoms with Crippen LogP contribution >= 0.6 is 11.3 Å². The molecule has 1 aromatic carbocycles. The zero-order valence-electron chi connectivity index (χ0n) is 14.1.